The summed E-state index contributed by atoms with van der Waals surface area (Å²) in [6, 6.07) is 0. The molecule has 2 aliphatic rings. The zero-order chi connectivity index (χ0) is 12.1. The topological polar surface area (TPSA) is 26.3 Å². The van der Waals surface area contributed by atoms with Crippen molar-refractivity contribution < 1.29 is 9.53 Å². The van der Waals surface area contributed by atoms with Crippen LogP contribution in [0.2, 0.25) is 0 Å². The first-order valence-corrected chi connectivity index (χ1v) is 6.15. The molecule has 17 heavy (non-hydrogen) atoms. The van der Waals surface area contributed by atoms with Crippen LogP contribution in [-0.2, 0) is 9.53 Å². The van der Waals surface area contributed by atoms with Gasteiger partial charge in [0.15, 0.2) is 0 Å². The van der Waals surface area contributed by atoms with E-state index in [4.69, 9.17) is 4.74 Å². The van der Waals surface area contributed by atoms with E-state index in [1.54, 1.807) is 6.92 Å². The van der Waals surface area contributed by atoms with E-state index in [0.717, 1.165) is 6.42 Å². The van der Waals surface area contributed by atoms with Crippen molar-refractivity contribution in [3.05, 3.63) is 12.2 Å². The second-order valence-electron chi connectivity index (χ2n) is 6.28. The summed E-state index contributed by atoms with van der Waals surface area (Å²) in [4.78, 5) is 11.6. The Morgan fingerprint density at radius 3 is 2.29 bits per heavy atom. The molecule has 0 aromatic rings. The van der Waals surface area contributed by atoms with E-state index in [2.05, 4.69) is 27.4 Å². The van der Waals surface area contributed by atoms with Crippen LogP contribution in [0.4, 0.5) is 0 Å². The van der Waals surface area contributed by atoms with E-state index >= 15 is 0 Å². The normalized spacial score (nSPS) is 37.4. The number of esters is 1. The van der Waals surface area contributed by atoms with Gasteiger partial charge in [0.1, 0.15) is 6.10 Å². The minimum absolute atomic E-state index is 0. The molecule has 2 radical (unpaired) electrons. The third-order valence-corrected chi connectivity index (χ3v) is 5.31. The van der Waals surface area contributed by atoms with Crippen LogP contribution in [-0.4, -0.2) is 39.4 Å². The fourth-order valence-electron chi connectivity index (χ4n) is 3.54. The quantitative estimate of drug-likeness (QED) is 0.381. The molecule has 0 aliphatic heterocycles. The van der Waals surface area contributed by atoms with Crippen molar-refractivity contribution in [1.82, 2.24) is 0 Å². The Labute approximate surface area is 124 Å². The van der Waals surface area contributed by atoms with E-state index in [9.17, 15) is 4.79 Å². The number of hydrogen-bond acceptors (Lipinski definition) is 2. The molecule has 2 nitrogen and oxygen atoms in total. The van der Waals surface area contributed by atoms with Crippen molar-refractivity contribution >= 4 is 33.3 Å². The van der Waals surface area contributed by atoms with Crippen LogP contribution in [0.1, 0.15) is 47.0 Å². The van der Waals surface area contributed by atoms with Crippen LogP contribution in [0, 0.1) is 16.7 Å². The molecule has 2 saturated carbocycles. The van der Waals surface area contributed by atoms with Gasteiger partial charge in [-0.2, -0.15) is 0 Å². The molecule has 2 rings (SSSR count). The summed E-state index contributed by atoms with van der Waals surface area (Å²) in [6.45, 7) is 12.3. The van der Waals surface area contributed by atoms with Gasteiger partial charge in [-0.15, -0.1) is 0 Å². The first kappa shape index (κ1) is 15.2. The van der Waals surface area contributed by atoms with Crippen LogP contribution in [0.15, 0.2) is 12.2 Å². The second kappa shape index (κ2) is 4.67. The molecular weight excluding hydrogens is 407 g/mol. The van der Waals surface area contributed by atoms with E-state index in [1.165, 1.54) is 12.8 Å². The number of carbonyl (C=O) groups excluding carboxylic acids is 1. The molecule has 0 saturated heterocycles. The fourth-order valence-corrected chi connectivity index (χ4v) is 3.54. The Morgan fingerprint density at radius 2 is 1.94 bits per heavy atom. The Kier molecular flexibility index (Phi) is 4.17. The van der Waals surface area contributed by atoms with Gasteiger partial charge in [0, 0.05) is 11.0 Å². The van der Waals surface area contributed by atoms with Gasteiger partial charge in [-0.05, 0) is 37.5 Å². The Morgan fingerprint density at radius 1 is 1.35 bits per heavy atom. The van der Waals surface area contributed by atoms with Crippen LogP contribution < -0.4 is 0 Å². The number of hydrogen-bond donors (Lipinski definition) is 0. The summed E-state index contributed by atoms with van der Waals surface area (Å²) in [5, 5.41) is 0. The number of fused-ring (bicyclic) bond motifs is 2. The van der Waals surface area contributed by atoms with Crippen molar-refractivity contribution in [2.24, 2.45) is 16.7 Å². The number of rotatable bonds is 2. The Bertz CT molecular complexity index is 348. The molecule has 2 fully saturated rings. The predicted octanol–water partition coefficient (Wildman–Crippen LogP) is 2.40. The average Bonchev–Trinajstić information content (AvgIpc) is 2.50. The number of ether oxygens (including phenoxy) is 1. The SMILES string of the molecule is C=C(C)C(=O)OC1C[C@H]2CC[C@@]1(C)C2(C)C.[PbH2]. The summed E-state index contributed by atoms with van der Waals surface area (Å²) in [5.74, 6) is 0.481. The molecule has 0 amide bonds. The third kappa shape index (κ3) is 2.10. The summed E-state index contributed by atoms with van der Waals surface area (Å²) < 4.78 is 5.61. The fraction of sp³-hybridized carbons (Fsp3) is 0.786. The van der Waals surface area contributed by atoms with Crippen molar-refractivity contribution in [3.8, 4) is 0 Å². The van der Waals surface area contributed by atoms with Gasteiger partial charge < -0.3 is 4.74 Å². The summed E-state index contributed by atoms with van der Waals surface area (Å²) in [6.07, 6.45) is 3.58. The van der Waals surface area contributed by atoms with Gasteiger partial charge in [0.05, 0.1) is 0 Å². The van der Waals surface area contributed by atoms with Crippen LogP contribution in [0.25, 0.3) is 0 Å². The van der Waals surface area contributed by atoms with E-state index in [-0.39, 0.29) is 44.8 Å². The molecule has 2 aliphatic carbocycles. The molecule has 0 N–H and O–H groups in total. The van der Waals surface area contributed by atoms with Gasteiger partial charge in [-0.1, -0.05) is 27.4 Å². The van der Waals surface area contributed by atoms with Gasteiger partial charge in [0.2, 0.25) is 0 Å². The van der Waals surface area contributed by atoms with Crippen LogP contribution in [0.3, 0.4) is 0 Å². The van der Waals surface area contributed by atoms with E-state index in [1.807, 2.05) is 0 Å². The van der Waals surface area contributed by atoms with Crippen molar-refractivity contribution in [2.75, 3.05) is 0 Å². The summed E-state index contributed by atoms with van der Waals surface area (Å²) in [7, 11) is 0. The molecule has 3 atom stereocenters. The van der Waals surface area contributed by atoms with Gasteiger partial charge in [0.25, 0.3) is 0 Å². The molecule has 96 valence electrons. The third-order valence-electron chi connectivity index (χ3n) is 5.31. The van der Waals surface area contributed by atoms with Gasteiger partial charge in [-0.25, -0.2) is 4.79 Å². The molecule has 3 heteroatoms. The van der Waals surface area contributed by atoms with Crippen LogP contribution in [0.5, 0.6) is 0 Å². The molecule has 0 aromatic carbocycles. The molecule has 1 unspecified atom stereocenters. The summed E-state index contributed by atoms with van der Waals surface area (Å²) >= 11 is 0. The first-order chi connectivity index (χ1) is 7.29. The molecular formula is C14H24O2Pb. The van der Waals surface area contributed by atoms with Gasteiger partial charge in [-0.3, -0.25) is 0 Å². The van der Waals surface area contributed by atoms with Crippen molar-refractivity contribution in [2.45, 2.75) is 53.1 Å². The molecule has 2 bridgehead atoms. The molecule has 0 spiro atoms. The van der Waals surface area contributed by atoms with E-state index in [0.29, 0.717) is 16.9 Å². The molecule has 0 heterocycles. The average molecular weight is 432 g/mol. The van der Waals surface area contributed by atoms with Crippen LogP contribution >= 0.6 is 0 Å². The zero-order valence-corrected chi connectivity index (χ0v) is 17.0. The predicted molar refractivity (Wildman–Crippen MR) is 72.5 cm³/mol. The van der Waals surface area contributed by atoms with Crippen molar-refractivity contribution in [3.63, 3.8) is 0 Å². The van der Waals surface area contributed by atoms with Crippen molar-refractivity contribution in [1.29, 1.82) is 0 Å². The Balaban J connectivity index is 0.00000144. The second-order valence-corrected chi connectivity index (χ2v) is 6.28. The minimum atomic E-state index is -0.227. The number of carbonyl (C=O) groups is 1. The van der Waals surface area contributed by atoms with E-state index < -0.39 is 0 Å². The Hall–Kier alpha value is 0.132. The zero-order valence-electron chi connectivity index (χ0n) is 11.5. The monoisotopic (exact) mass is 432 g/mol. The molecule has 0 aromatic heterocycles. The maximum absolute atomic E-state index is 11.6. The maximum atomic E-state index is 11.6. The van der Waals surface area contributed by atoms with Gasteiger partial charge >= 0.3 is 33.3 Å². The standard InChI is InChI=1S/C14H22O2.Pb.2H/c1-9(2)12(15)16-11-8-10-6-7-14(11,5)13(10,3)4;;;/h10-11H,1,6-8H2,2-5H3;;;/t10-,11?,14-;;;/m1.../s1. The first-order valence-electron chi connectivity index (χ1n) is 6.15. The summed E-state index contributed by atoms with van der Waals surface area (Å²) in [5.41, 5.74) is 0.958.